The van der Waals surface area contributed by atoms with Gasteiger partial charge in [0.2, 0.25) is 0 Å². The lowest BCUT2D eigenvalue weighted by atomic mass is 9.95. The van der Waals surface area contributed by atoms with E-state index in [1.807, 2.05) is 18.2 Å². The van der Waals surface area contributed by atoms with E-state index in [9.17, 15) is 5.26 Å². The predicted octanol–water partition coefficient (Wildman–Crippen LogP) is 3.65. The Morgan fingerprint density at radius 3 is 2.79 bits per heavy atom. The first-order valence-corrected chi connectivity index (χ1v) is 8.11. The van der Waals surface area contributed by atoms with Crippen LogP contribution in [0.25, 0.3) is 11.1 Å². The molecule has 1 atom stereocenters. The molecule has 3 N–H and O–H groups in total. The van der Waals surface area contributed by atoms with Gasteiger partial charge in [-0.2, -0.15) is 5.26 Å². The van der Waals surface area contributed by atoms with Crippen molar-refractivity contribution in [2.75, 3.05) is 7.05 Å². The standard InChI is InChI=1S/C18H18ClN5/c1-24(10-21)18(22)15-6-11(9-20)2-5-14(15)13-7-16(12-3-4-12)23-17(19)8-13/h2,5-8,10,12,18,21H,3-4,22H2,1H3. The van der Waals surface area contributed by atoms with Gasteiger partial charge < -0.3 is 10.6 Å². The fourth-order valence-electron chi connectivity index (χ4n) is 2.70. The molecule has 1 aromatic carbocycles. The Hall–Kier alpha value is -2.42. The molecule has 1 aromatic heterocycles. The predicted molar refractivity (Wildman–Crippen MR) is 94.8 cm³/mol. The van der Waals surface area contributed by atoms with Crippen LogP contribution in [-0.4, -0.2) is 23.3 Å². The van der Waals surface area contributed by atoms with Crippen LogP contribution in [0.1, 0.15) is 41.7 Å². The number of pyridine rings is 1. The van der Waals surface area contributed by atoms with Crippen LogP contribution in [0.2, 0.25) is 5.15 Å². The highest BCUT2D eigenvalue weighted by atomic mass is 35.5. The zero-order valence-electron chi connectivity index (χ0n) is 13.3. The Balaban J connectivity index is 2.13. The summed E-state index contributed by atoms with van der Waals surface area (Å²) in [4.78, 5) is 6.00. The third-order valence-electron chi connectivity index (χ3n) is 4.26. The average Bonchev–Trinajstić information content (AvgIpc) is 3.44. The lowest BCUT2D eigenvalue weighted by Gasteiger charge is -2.24. The van der Waals surface area contributed by atoms with Gasteiger partial charge in [0.25, 0.3) is 0 Å². The van der Waals surface area contributed by atoms with E-state index in [4.69, 9.17) is 22.7 Å². The fourth-order valence-corrected chi connectivity index (χ4v) is 2.92. The number of nitriles is 1. The molecule has 1 saturated carbocycles. The summed E-state index contributed by atoms with van der Waals surface area (Å²) in [5.41, 5.74) is 10.4. The first-order valence-electron chi connectivity index (χ1n) is 7.73. The molecular formula is C18H18ClN5. The summed E-state index contributed by atoms with van der Waals surface area (Å²) < 4.78 is 0. The summed E-state index contributed by atoms with van der Waals surface area (Å²) in [7, 11) is 1.73. The van der Waals surface area contributed by atoms with E-state index in [1.54, 1.807) is 24.1 Å². The molecule has 0 radical (unpaired) electrons. The number of hydrogen-bond acceptors (Lipinski definition) is 4. The molecular weight excluding hydrogens is 322 g/mol. The molecule has 0 aliphatic heterocycles. The number of nitrogens with zero attached hydrogens (tertiary/aromatic N) is 3. The summed E-state index contributed by atoms with van der Waals surface area (Å²) in [6, 6.07) is 11.4. The molecule has 1 unspecified atom stereocenters. The molecule has 1 aliphatic rings. The third kappa shape index (κ3) is 3.25. The van der Waals surface area contributed by atoms with E-state index in [0.717, 1.165) is 35.2 Å². The molecule has 2 aromatic rings. The van der Waals surface area contributed by atoms with Gasteiger partial charge in [-0.3, -0.25) is 5.41 Å². The SMILES string of the molecule is CN(C=N)C(N)c1cc(C#N)ccc1-c1cc(Cl)nc(C2CC2)c1. The number of benzene rings is 1. The maximum Gasteiger partial charge on any atom is 0.129 e. The quantitative estimate of drug-likeness (QED) is 0.376. The van der Waals surface area contributed by atoms with Crippen LogP contribution in [0.4, 0.5) is 0 Å². The maximum atomic E-state index is 9.19. The smallest absolute Gasteiger partial charge is 0.129 e. The summed E-state index contributed by atoms with van der Waals surface area (Å²) in [5, 5.41) is 17.1. The van der Waals surface area contributed by atoms with Crippen molar-refractivity contribution in [2.24, 2.45) is 5.73 Å². The third-order valence-corrected chi connectivity index (χ3v) is 4.46. The van der Waals surface area contributed by atoms with Crippen molar-refractivity contribution in [3.63, 3.8) is 0 Å². The number of halogens is 1. The molecule has 5 nitrogen and oxygen atoms in total. The number of hydrogen-bond donors (Lipinski definition) is 2. The van der Waals surface area contributed by atoms with Gasteiger partial charge in [-0.05, 0) is 53.8 Å². The van der Waals surface area contributed by atoms with Gasteiger partial charge in [0, 0.05) is 18.7 Å². The van der Waals surface area contributed by atoms with Crippen LogP contribution in [-0.2, 0) is 0 Å². The van der Waals surface area contributed by atoms with Crippen molar-refractivity contribution in [2.45, 2.75) is 24.9 Å². The van der Waals surface area contributed by atoms with Crippen LogP contribution in [0.5, 0.6) is 0 Å². The summed E-state index contributed by atoms with van der Waals surface area (Å²) in [6.07, 6.45) is 2.93. The Labute approximate surface area is 146 Å². The second-order valence-corrected chi connectivity index (χ2v) is 6.42. The lowest BCUT2D eigenvalue weighted by Crippen LogP contribution is -2.30. The Bertz CT molecular complexity index is 823. The van der Waals surface area contributed by atoms with E-state index in [2.05, 4.69) is 11.1 Å². The van der Waals surface area contributed by atoms with Crippen molar-refractivity contribution in [3.8, 4) is 17.2 Å². The van der Waals surface area contributed by atoms with Gasteiger partial charge in [-0.15, -0.1) is 0 Å². The number of aromatic nitrogens is 1. The van der Waals surface area contributed by atoms with Gasteiger partial charge in [0.05, 0.1) is 18.0 Å². The minimum Gasteiger partial charge on any atom is -0.347 e. The lowest BCUT2D eigenvalue weighted by molar-refractivity contribution is 0.395. The maximum absolute atomic E-state index is 9.19. The molecule has 0 spiro atoms. The van der Waals surface area contributed by atoms with E-state index < -0.39 is 6.17 Å². The molecule has 1 fully saturated rings. The second kappa shape index (κ2) is 6.60. The highest BCUT2D eigenvalue weighted by Crippen LogP contribution is 2.41. The average molecular weight is 340 g/mol. The van der Waals surface area contributed by atoms with Gasteiger partial charge in [0.15, 0.2) is 0 Å². The number of nitrogens with two attached hydrogens (primary N) is 1. The highest BCUT2D eigenvalue weighted by Gasteiger charge is 2.26. The molecule has 0 saturated heterocycles. The van der Waals surface area contributed by atoms with Gasteiger partial charge in [-0.1, -0.05) is 17.7 Å². The highest BCUT2D eigenvalue weighted by molar-refractivity contribution is 6.29. The Morgan fingerprint density at radius 2 is 2.17 bits per heavy atom. The summed E-state index contributed by atoms with van der Waals surface area (Å²) in [5.74, 6) is 0.488. The van der Waals surface area contributed by atoms with E-state index in [-0.39, 0.29) is 0 Å². The Kier molecular flexibility index (Phi) is 4.52. The number of rotatable bonds is 5. The van der Waals surface area contributed by atoms with Crippen molar-refractivity contribution >= 4 is 17.9 Å². The van der Waals surface area contributed by atoms with Gasteiger partial charge in [0.1, 0.15) is 11.3 Å². The van der Waals surface area contributed by atoms with Crippen molar-refractivity contribution in [1.82, 2.24) is 9.88 Å². The van der Waals surface area contributed by atoms with Gasteiger partial charge >= 0.3 is 0 Å². The molecule has 24 heavy (non-hydrogen) atoms. The van der Waals surface area contributed by atoms with Crippen LogP contribution in [0.15, 0.2) is 30.3 Å². The first-order chi connectivity index (χ1) is 11.5. The summed E-state index contributed by atoms with van der Waals surface area (Å²) in [6.45, 7) is 0. The minimum atomic E-state index is -0.526. The Morgan fingerprint density at radius 1 is 1.42 bits per heavy atom. The van der Waals surface area contributed by atoms with E-state index in [0.29, 0.717) is 16.6 Å². The van der Waals surface area contributed by atoms with Crippen LogP contribution >= 0.6 is 11.6 Å². The van der Waals surface area contributed by atoms with Crippen molar-refractivity contribution in [3.05, 3.63) is 52.3 Å². The topological polar surface area (TPSA) is 89.8 Å². The number of nitrogens with one attached hydrogen (secondary N) is 1. The van der Waals surface area contributed by atoms with Crippen LogP contribution in [0.3, 0.4) is 0 Å². The van der Waals surface area contributed by atoms with Crippen molar-refractivity contribution < 1.29 is 0 Å². The molecule has 1 aliphatic carbocycles. The monoisotopic (exact) mass is 339 g/mol. The normalized spacial score (nSPS) is 14.8. The van der Waals surface area contributed by atoms with E-state index >= 15 is 0 Å². The van der Waals surface area contributed by atoms with Gasteiger partial charge in [-0.25, -0.2) is 4.98 Å². The molecule has 0 bridgehead atoms. The van der Waals surface area contributed by atoms with Crippen molar-refractivity contribution in [1.29, 1.82) is 10.7 Å². The largest absolute Gasteiger partial charge is 0.347 e. The zero-order valence-corrected chi connectivity index (χ0v) is 14.1. The molecule has 3 rings (SSSR count). The summed E-state index contributed by atoms with van der Waals surface area (Å²) >= 11 is 6.21. The second-order valence-electron chi connectivity index (χ2n) is 6.03. The molecule has 122 valence electrons. The molecule has 0 amide bonds. The minimum absolute atomic E-state index is 0.457. The molecule has 6 heteroatoms. The molecule has 1 heterocycles. The fraction of sp³-hybridized carbons (Fsp3) is 0.278. The van der Waals surface area contributed by atoms with Crippen LogP contribution in [0, 0.1) is 16.7 Å². The van der Waals surface area contributed by atoms with Crippen LogP contribution < -0.4 is 5.73 Å². The first kappa shape index (κ1) is 16.4. The van der Waals surface area contributed by atoms with E-state index in [1.165, 1.54) is 6.34 Å². The zero-order chi connectivity index (χ0) is 17.3.